The minimum Gasteiger partial charge on any atom is -0.493 e. The van der Waals surface area contributed by atoms with Crippen molar-refractivity contribution in [3.8, 4) is 22.9 Å². The Morgan fingerprint density at radius 2 is 2.12 bits per heavy atom. The summed E-state index contributed by atoms with van der Waals surface area (Å²) in [7, 11) is 3.33. The molecule has 0 bridgehead atoms. The van der Waals surface area contributed by atoms with Crippen LogP contribution in [0, 0.1) is 18.3 Å². The van der Waals surface area contributed by atoms with Crippen molar-refractivity contribution in [2.24, 2.45) is 0 Å². The van der Waals surface area contributed by atoms with E-state index in [0.717, 1.165) is 11.1 Å². The van der Waals surface area contributed by atoms with E-state index >= 15 is 0 Å². The number of aryl methyl sites for hydroxylation is 1. The van der Waals surface area contributed by atoms with Gasteiger partial charge in [-0.2, -0.15) is 5.26 Å². The number of aliphatic hydroxyl groups is 1. The van der Waals surface area contributed by atoms with Crippen LogP contribution in [-0.4, -0.2) is 48.2 Å². The maximum absolute atomic E-state index is 12.0. The van der Waals surface area contributed by atoms with Gasteiger partial charge < -0.3 is 14.7 Å². The van der Waals surface area contributed by atoms with E-state index in [1.807, 2.05) is 19.9 Å². The van der Waals surface area contributed by atoms with Gasteiger partial charge in [-0.25, -0.2) is 0 Å². The molecular formula is C20H23N3O3. The largest absolute Gasteiger partial charge is 0.493 e. The first kappa shape index (κ1) is 19.4. The van der Waals surface area contributed by atoms with Crippen LogP contribution >= 0.6 is 0 Å². The highest BCUT2D eigenvalue weighted by Crippen LogP contribution is 2.38. The molecule has 0 aliphatic rings. The summed E-state index contributed by atoms with van der Waals surface area (Å²) in [6, 6.07) is 7.53. The van der Waals surface area contributed by atoms with E-state index in [-0.39, 0.29) is 12.5 Å². The number of aromatic nitrogens is 1. The summed E-state index contributed by atoms with van der Waals surface area (Å²) >= 11 is 0. The third-order valence-electron chi connectivity index (χ3n) is 4.01. The number of hydrogen-bond donors (Lipinski definition) is 1. The molecule has 136 valence electrons. The normalized spacial score (nSPS) is 10.3. The highest BCUT2D eigenvalue weighted by molar-refractivity contribution is 5.92. The Hall–Kier alpha value is -2.91. The zero-order valence-corrected chi connectivity index (χ0v) is 15.5. The predicted octanol–water partition coefficient (Wildman–Crippen LogP) is 2.56. The fraction of sp³-hybridized carbons (Fsp3) is 0.350. The topological polar surface area (TPSA) is 86.4 Å². The minimum atomic E-state index is -0.188. The van der Waals surface area contributed by atoms with E-state index in [4.69, 9.17) is 4.74 Å². The maximum Gasteiger partial charge on any atom is 0.271 e. The van der Waals surface area contributed by atoms with E-state index in [2.05, 4.69) is 11.1 Å². The molecule has 2 aromatic rings. The summed E-state index contributed by atoms with van der Waals surface area (Å²) in [5, 5.41) is 19.0. The first-order chi connectivity index (χ1) is 12.4. The van der Waals surface area contributed by atoms with Gasteiger partial charge in [-0.05, 0) is 37.5 Å². The van der Waals surface area contributed by atoms with Crippen molar-refractivity contribution in [3.05, 3.63) is 46.8 Å². The Morgan fingerprint density at radius 1 is 1.38 bits per heavy atom. The van der Waals surface area contributed by atoms with Gasteiger partial charge in [0.1, 0.15) is 17.5 Å². The van der Waals surface area contributed by atoms with Gasteiger partial charge >= 0.3 is 0 Å². The van der Waals surface area contributed by atoms with Gasteiger partial charge in [-0.15, -0.1) is 0 Å². The number of carbonyl (C=O) groups excluding carboxylic acids is 1. The van der Waals surface area contributed by atoms with Gasteiger partial charge in [0.15, 0.2) is 0 Å². The number of nitrogens with zero attached hydrogens (tertiary/aromatic N) is 3. The van der Waals surface area contributed by atoms with Gasteiger partial charge in [0.2, 0.25) is 0 Å². The van der Waals surface area contributed by atoms with Crippen molar-refractivity contribution in [1.29, 1.82) is 5.26 Å². The van der Waals surface area contributed by atoms with Crippen molar-refractivity contribution in [3.63, 3.8) is 0 Å². The third-order valence-corrected chi connectivity index (χ3v) is 4.01. The number of hydrogen-bond acceptors (Lipinski definition) is 5. The lowest BCUT2D eigenvalue weighted by Gasteiger charge is -2.18. The molecule has 0 saturated heterocycles. The average Bonchev–Trinajstić information content (AvgIpc) is 2.63. The molecule has 2 rings (SSSR count). The highest BCUT2D eigenvalue weighted by atomic mass is 16.5. The van der Waals surface area contributed by atoms with Crippen molar-refractivity contribution in [2.45, 2.75) is 20.3 Å². The molecule has 0 fully saturated rings. The summed E-state index contributed by atoms with van der Waals surface area (Å²) in [5.74, 6) is 0.393. The van der Waals surface area contributed by atoms with Crippen LogP contribution in [0.4, 0.5) is 0 Å². The van der Waals surface area contributed by atoms with E-state index in [1.54, 1.807) is 32.4 Å². The smallest absolute Gasteiger partial charge is 0.271 e. The molecule has 0 radical (unpaired) electrons. The van der Waals surface area contributed by atoms with Crippen molar-refractivity contribution < 1.29 is 14.6 Å². The Labute approximate surface area is 153 Å². The number of amides is 1. The molecule has 1 aromatic heterocycles. The number of ether oxygens (including phenoxy) is 1. The minimum absolute atomic E-state index is 0.0145. The standard InChI is InChI=1S/C20H23N3O3/c1-5-26-19-14(8-9-24)10-13(2)16(11-21)18(19)15-6-7-17(22-12-15)20(25)23(3)4/h6-7,10,12,24H,5,8-9H2,1-4H3. The fourth-order valence-corrected chi connectivity index (χ4v) is 2.80. The van der Waals surface area contributed by atoms with Gasteiger partial charge in [0, 0.05) is 38.0 Å². The Balaban J connectivity index is 2.66. The number of rotatable bonds is 6. The van der Waals surface area contributed by atoms with Gasteiger partial charge in [0.05, 0.1) is 12.2 Å². The second kappa shape index (κ2) is 8.45. The Kier molecular flexibility index (Phi) is 6.31. The third kappa shape index (κ3) is 3.84. The van der Waals surface area contributed by atoms with E-state index in [1.165, 1.54) is 4.90 Å². The van der Waals surface area contributed by atoms with Gasteiger partial charge in [-0.3, -0.25) is 9.78 Å². The first-order valence-corrected chi connectivity index (χ1v) is 8.42. The molecule has 26 heavy (non-hydrogen) atoms. The highest BCUT2D eigenvalue weighted by Gasteiger charge is 2.20. The molecule has 0 saturated carbocycles. The van der Waals surface area contributed by atoms with Crippen LogP contribution in [0.15, 0.2) is 24.4 Å². The van der Waals surface area contributed by atoms with E-state index < -0.39 is 0 Å². The number of benzene rings is 1. The maximum atomic E-state index is 12.0. The lowest BCUT2D eigenvalue weighted by atomic mass is 9.92. The predicted molar refractivity (Wildman–Crippen MR) is 99.1 cm³/mol. The molecule has 0 spiro atoms. The fourth-order valence-electron chi connectivity index (χ4n) is 2.80. The number of carbonyl (C=O) groups is 1. The second-order valence-electron chi connectivity index (χ2n) is 6.08. The quantitative estimate of drug-likeness (QED) is 0.862. The van der Waals surface area contributed by atoms with Gasteiger partial charge in [-0.1, -0.05) is 12.1 Å². The molecular weight excluding hydrogens is 330 g/mol. The lowest BCUT2D eigenvalue weighted by molar-refractivity contribution is 0.0822. The molecule has 0 atom stereocenters. The molecule has 1 aromatic carbocycles. The summed E-state index contributed by atoms with van der Waals surface area (Å²) in [6.07, 6.45) is 2.01. The Morgan fingerprint density at radius 3 is 2.62 bits per heavy atom. The zero-order valence-electron chi connectivity index (χ0n) is 15.5. The van der Waals surface area contributed by atoms with Crippen LogP contribution < -0.4 is 4.74 Å². The van der Waals surface area contributed by atoms with Crippen molar-refractivity contribution in [2.75, 3.05) is 27.3 Å². The van der Waals surface area contributed by atoms with Crippen LogP contribution in [0.3, 0.4) is 0 Å². The molecule has 0 aliphatic carbocycles. The van der Waals surface area contributed by atoms with Crippen LogP contribution in [-0.2, 0) is 6.42 Å². The molecule has 1 heterocycles. The van der Waals surface area contributed by atoms with Crippen LogP contribution in [0.1, 0.15) is 34.1 Å². The average molecular weight is 353 g/mol. The van der Waals surface area contributed by atoms with E-state index in [0.29, 0.717) is 41.2 Å². The molecule has 1 amide bonds. The molecule has 6 heteroatoms. The second-order valence-corrected chi connectivity index (χ2v) is 6.08. The summed E-state index contributed by atoms with van der Waals surface area (Å²) in [6.45, 7) is 4.15. The Bertz CT molecular complexity index is 837. The molecule has 0 aliphatic heterocycles. The number of aliphatic hydroxyl groups excluding tert-OH is 1. The summed E-state index contributed by atoms with van der Waals surface area (Å²) in [4.78, 5) is 17.7. The molecule has 0 unspecified atom stereocenters. The number of nitriles is 1. The molecule has 1 N–H and O–H groups in total. The first-order valence-electron chi connectivity index (χ1n) is 8.42. The van der Waals surface area contributed by atoms with Crippen LogP contribution in [0.2, 0.25) is 0 Å². The van der Waals surface area contributed by atoms with Crippen LogP contribution in [0.5, 0.6) is 5.75 Å². The van der Waals surface area contributed by atoms with Gasteiger partial charge in [0.25, 0.3) is 5.91 Å². The lowest BCUT2D eigenvalue weighted by Crippen LogP contribution is -2.22. The molecule has 6 nitrogen and oxygen atoms in total. The summed E-state index contributed by atoms with van der Waals surface area (Å²) in [5.41, 5.74) is 3.83. The summed E-state index contributed by atoms with van der Waals surface area (Å²) < 4.78 is 5.82. The zero-order chi connectivity index (χ0) is 19.3. The SMILES string of the molecule is CCOc1c(CCO)cc(C)c(C#N)c1-c1ccc(C(=O)N(C)C)nc1. The monoisotopic (exact) mass is 353 g/mol. The van der Waals surface area contributed by atoms with Crippen molar-refractivity contribution >= 4 is 5.91 Å². The van der Waals surface area contributed by atoms with Crippen molar-refractivity contribution in [1.82, 2.24) is 9.88 Å². The number of pyridine rings is 1. The van der Waals surface area contributed by atoms with Crippen LogP contribution in [0.25, 0.3) is 11.1 Å². The van der Waals surface area contributed by atoms with E-state index in [9.17, 15) is 15.2 Å².